The van der Waals surface area contributed by atoms with Gasteiger partial charge < -0.3 is 24.2 Å². The van der Waals surface area contributed by atoms with Gasteiger partial charge in [0.25, 0.3) is 0 Å². The first-order valence-corrected chi connectivity index (χ1v) is 9.43. The van der Waals surface area contributed by atoms with Crippen molar-refractivity contribution in [2.24, 2.45) is 11.8 Å². The maximum absolute atomic E-state index is 12.4. The van der Waals surface area contributed by atoms with Gasteiger partial charge in [0.15, 0.2) is 6.29 Å². The molecule has 6 heteroatoms. The van der Waals surface area contributed by atoms with Crippen molar-refractivity contribution in [2.45, 2.75) is 77.0 Å². The zero-order valence-electron chi connectivity index (χ0n) is 14.9. The van der Waals surface area contributed by atoms with Gasteiger partial charge in [0, 0.05) is 12.5 Å². The third-order valence-electron chi connectivity index (χ3n) is 5.53. The van der Waals surface area contributed by atoms with Crippen molar-refractivity contribution in [2.75, 3.05) is 19.8 Å². The van der Waals surface area contributed by atoms with E-state index in [9.17, 15) is 9.90 Å². The SMILES string of the molecule is CC1CCCC(N2C(=O)C(CO)C2C(C)COC2CCCCO2)O1. The summed E-state index contributed by atoms with van der Waals surface area (Å²) in [6, 6.07) is -0.0126. The number of aliphatic hydroxyl groups excluding tert-OH is 1. The molecular weight excluding hydrogens is 310 g/mol. The topological polar surface area (TPSA) is 68.2 Å². The standard InChI is InChI=1S/C18H31NO5/c1-12(11-23-16-8-3-4-9-22-16)17-14(10-20)18(21)19(17)15-7-5-6-13(2)24-15/h12-17,20H,3-11H2,1-2H3. The molecule has 3 fully saturated rings. The Morgan fingerprint density at radius 3 is 2.79 bits per heavy atom. The van der Waals surface area contributed by atoms with Gasteiger partial charge in [0.05, 0.1) is 31.3 Å². The van der Waals surface area contributed by atoms with Crippen LogP contribution in [0, 0.1) is 11.8 Å². The molecule has 0 aromatic rings. The van der Waals surface area contributed by atoms with E-state index in [-0.39, 0.29) is 49.0 Å². The van der Waals surface area contributed by atoms with Crippen LogP contribution in [0.25, 0.3) is 0 Å². The number of hydrogen-bond donors (Lipinski definition) is 1. The van der Waals surface area contributed by atoms with Crippen LogP contribution in [0.3, 0.4) is 0 Å². The van der Waals surface area contributed by atoms with Crippen LogP contribution in [0.15, 0.2) is 0 Å². The van der Waals surface area contributed by atoms with E-state index in [2.05, 4.69) is 13.8 Å². The highest BCUT2D eigenvalue weighted by atomic mass is 16.7. The summed E-state index contributed by atoms with van der Waals surface area (Å²) in [5, 5.41) is 9.61. The van der Waals surface area contributed by atoms with Gasteiger partial charge in [-0.15, -0.1) is 0 Å². The van der Waals surface area contributed by atoms with E-state index >= 15 is 0 Å². The van der Waals surface area contributed by atoms with Crippen LogP contribution >= 0.6 is 0 Å². The molecule has 3 aliphatic heterocycles. The number of ether oxygens (including phenoxy) is 3. The van der Waals surface area contributed by atoms with Gasteiger partial charge in [0.1, 0.15) is 6.23 Å². The van der Waals surface area contributed by atoms with Gasteiger partial charge >= 0.3 is 0 Å². The first-order chi connectivity index (χ1) is 11.6. The molecule has 3 saturated heterocycles. The average Bonchev–Trinajstić information content (AvgIpc) is 2.59. The fourth-order valence-corrected chi connectivity index (χ4v) is 4.18. The number of aliphatic hydroxyl groups is 1. The molecule has 3 aliphatic rings. The van der Waals surface area contributed by atoms with Crippen LogP contribution in [-0.2, 0) is 19.0 Å². The fourth-order valence-electron chi connectivity index (χ4n) is 4.18. The fraction of sp³-hybridized carbons (Fsp3) is 0.944. The summed E-state index contributed by atoms with van der Waals surface area (Å²) >= 11 is 0. The first kappa shape index (κ1) is 18.1. The van der Waals surface area contributed by atoms with Crippen LogP contribution < -0.4 is 0 Å². The molecule has 0 saturated carbocycles. The molecule has 1 N–H and O–H groups in total. The minimum Gasteiger partial charge on any atom is -0.395 e. The first-order valence-electron chi connectivity index (χ1n) is 9.43. The molecule has 0 bridgehead atoms. The molecule has 0 aromatic carbocycles. The number of hydrogen-bond acceptors (Lipinski definition) is 5. The van der Waals surface area contributed by atoms with Crippen molar-refractivity contribution in [3.8, 4) is 0 Å². The minimum absolute atomic E-state index is 0.0126. The average molecular weight is 341 g/mol. The summed E-state index contributed by atoms with van der Waals surface area (Å²) in [4.78, 5) is 14.3. The van der Waals surface area contributed by atoms with Crippen LogP contribution in [0.2, 0.25) is 0 Å². The second kappa shape index (κ2) is 8.13. The van der Waals surface area contributed by atoms with E-state index < -0.39 is 0 Å². The molecule has 3 rings (SSSR count). The predicted molar refractivity (Wildman–Crippen MR) is 88.1 cm³/mol. The van der Waals surface area contributed by atoms with Crippen molar-refractivity contribution in [3.05, 3.63) is 0 Å². The lowest BCUT2D eigenvalue weighted by atomic mass is 9.79. The quantitative estimate of drug-likeness (QED) is 0.748. The number of amides is 1. The minimum atomic E-state index is -0.322. The smallest absolute Gasteiger partial charge is 0.232 e. The van der Waals surface area contributed by atoms with Crippen molar-refractivity contribution in [1.82, 2.24) is 4.90 Å². The van der Waals surface area contributed by atoms with E-state index in [1.165, 1.54) is 0 Å². The second-order valence-electron chi connectivity index (χ2n) is 7.46. The Labute approximate surface area is 144 Å². The van der Waals surface area contributed by atoms with Crippen molar-refractivity contribution >= 4 is 5.91 Å². The predicted octanol–water partition coefficient (Wildman–Crippen LogP) is 1.90. The molecule has 6 unspecified atom stereocenters. The third kappa shape index (κ3) is 3.77. The van der Waals surface area contributed by atoms with Crippen LogP contribution in [0.1, 0.15) is 52.4 Å². The molecular formula is C18H31NO5. The lowest BCUT2D eigenvalue weighted by molar-refractivity contribution is -0.214. The van der Waals surface area contributed by atoms with Gasteiger partial charge in [-0.2, -0.15) is 0 Å². The van der Waals surface area contributed by atoms with Crippen molar-refractivity contribution < 1.29 is 24.1 Å². The molecule has 0 aromatic heterocycles. The monoisotopic (exact) mass is 341 g/mol. The Hall–Kier alpha value is -0.690. The van der Waals surface area contributed by atoms with Gasteiger partial charge in [0.2, 0.25) is 5.91 Å². The lowest BCUT2D eigenvalue weighted by Crippen LogP contribution is -2.69. The highest BCUT2D eigenvalue weighted by Gasteiger charge is 2.53. The Bertz CT molecular complexity index is 426. The number of carbonyl (C=O) groups excluding carboxylic acids is 1. The normalized spacial score (nSPS) is 38.7. The van der Waals surface area contributed by atoms with Crippen LogP contribution in [-0.4, -0.2) is 60.4 Å². The summed E-state index contributed by atoms with van der Waals surface area (Å²) in [6.45, 7) is 5.34. The molecule has 0 aliphatic carbocycles. The summed E-state index contributed by atoms with van der Waals surface area (Å²) < 4.78 is 17.5. The molecule has 1 amide bonds. The Kier molecular flexibility index (Phi) is 6.13. The number of likely N-dealkylation sites (tertiary alicyclic amines) is 1. The second-order valence-corrected chi connectivity index (χ2v) is 7.46. The van der Waals surface area contributed by atoms with Gasteiger partial charge in [-0.05, 0) is 45.4 Å². The van der Waals surface area contributed by atoms with E-state index in [0.717, 1.165) is 45.1 Å². The third-order valence-corrected chi connectivity index (χ3v) is 5.53. The zero-order valence-corrected chi connectivity index (χ0v) is 14.9. The molecule has 6 atom stereocenters. The summed E-state index contributed by atoms with van der Waals surface area (Å²) in [7, 11) is 0. The van der Waals surface area contributed by atoms with Crippen molar-refractivity contribution in [1.29, 1.82) is 0 Å². The Morgan fingerprint density at radius 1 is 1.29 bits per heavy atom. The number of β-lactam (4-membered cyclic amide) rings is 1. The van der Waals surface area contributed by atoms with E-state index in [1.807, 2.05) is 4.90 Å². The Morgan fingerprint density at radius 2 is 2.12 bits per heavy atom. The van der Waals surface area contributed by atoms with Gasteiger partial charge in [-0.1, -0.05) is 6.92 Å². The van der Waals surface area contributed by atoms with E-state index in [0.29, 0.717) is 6.61 Å². The molecule has 138 valence electrons. The highest BCUT2D eigenvalue weighted by Crippen LogP contribution is 2.37. The lowest BCUT2D eigenvalue weighted by Gasteiger charge is -2.53. The van der Waals surface area contributed by atoms with E-state index in [4.69, 9.17) is 14.2 Å². The maximum atomic E-state index is 12.4. The van der Waals surface area contributed by atoms with Gasteiger partial charge in [-0.3, -0.25) is 4.79 Å². The molecule has 0 radical (unpaired) electrons. The molecule has 0 spiro atoms. The van der Waals surface area contributed by atoms with Crippen LogP contribution in [0.5, 0.6) is 0 Å². The summed E-state index contributed by atoms with van der Waals surface area (Å²) in [6.07, 6.45) is 6.09. The van der Waals surface area contributed by atoms with Gasteiger partial charge in [-0.25, -0.2) is 0 Å². The largest absolute Gasteiger partial charge is 0.395 e. The number of rotatable bonds is 6. The number of nitrogens with zero attached hydrogens (tertiary/aromatic N) is 1. The summed E-state index contributed by atoms with van der Waals surface area (Å²) in [5.41, 5.74) is 0. The molecule has 6 nitrogen and oxygen atoms in total. The zero-order chi connectivity index (χ0) is 17.1. The van der Waals surface area contributed by atoms with Crippen molar-refractivity contribution in [3.63, 3.8) is 0 Å². The Balaban J connectivity index is 1.58. The maximum Gasteiger partial charge on any atom is 0.232 e. The molecule has 3 heterocycles. The highest BCUT2D eigenvalue weighted by molar-refractivity contribution is 5.86. The van der Waals surface area contributed by atoms with Crippen LogP contribution in [0.4, 0.5) is 0 Å². The number of carbonyl (C=O) groups is 1. The summed E-state index contributed by atoms with van der Waals surface area (Å²) in [5.74, 6) is -0.162. The van der Waals surface area contributed by atoms with E-state index in [1.54, 1.807) is 0 Å². The molecule has 24 heavy (non-hydrogen) atoms.